The minimum Gasteiger partial charge on any atom is -0.361 e. The Morgan fingerprint density at radius 3 is 2.56 bits per heavy atom. The van der Waals surface area contributed by atoms with Crippen molar-refractivity contribution in [1.29, 1.82) is 0 Å². The van der Waals surface area contributed by atoms with E-state index in [1.54, 1.807) is 0 Å². The van der Waals surface area contributed by atoms with Crippen LogP contribution in [0.1, 0.15) is 38.5 Å². The van der Waals surface area contributed by atoms with Crippen LogP contribution < -0.4 is 5.32 Å². The molecule has 5 nitrogen and oxygen atoms in total. The van der Waals surface area contributed by atoms with Crippen LogP contribution in [0.3, 0.4) is 0 Å². The number of amides is 2. The number of hydrogen-bond donors (Lipinski definition) is 2. The summed E-state index contributed by atoms with van der Waals surface area (Å²) in [6.07, 6.45) is 7.76. The molecule has 1 aliphatic carbocycles. The lowest BCUT2D eigenvalue weighted by Gasteiger charge is -2.32. The second-order valence-corrected chi connectivity index (χ2v) is 7.26. The maximum atomic E-state index is 13.0. The van der Waals surface area contributed by atoms with Crippen molar-refractivity contribution < 1.29 is 9.59 Å². The number of nitrogens with zero attached hydrogens (tertiary/aromatic N) is 1. The second kappa shape index (κ2) is 6.90. The zero-order valence-electron chi connectivity index (χ0n) is 14.5. The number of carbonyl (C=O) groups is 2. The topological polar surface area (TPSA) is 65.2 Å². The maximum Gasteiger partial charge on any atom is 0.228 e. The molecule has 0 bridgehead atoms. The normalized spacial score (nSPS) is 23.8. The fourth-order valence-electron chi connectivity index (χ4n) is 4.33. The SMILES string of the molecule is O=C(Nc1cccc2[nH]ccc12)[C@@H]1CCCC[C@@H]1C(=O)N1CCCC1. The molecule has 4 rings (SSSR count). The number of anilines is 1. The van der Waals surface area contributed by atoms with Gasteiger partial charge in [0.15, 0.2) is 0 Å². The van der Waals surface area contributed by atoms with Gasteiger partial charge in [0.1, 0.15) is 0 Å². The minimum absolute atomic E-state index is 0.00838. The summed E-state index contributed by atoms with van der Waals surface area (Å²) in [7, 11) is 0. The van der Waals surface area contributed by atoms with Crippen LogP contribution in [0, 0.1) is 11.8 Å². The molecule has 5 heteroatoms. The lowest BCUT2D eigenvalue weighted by molar-refractivity contribution is -0.141. The average Bonchev–Trinajstić information content (AvgIpc) is 3.33. The number of aromatic amines is 1. The summed E-state index contributed by atoms with van der Waals surface area (Å²) in [4.78, 5) is 31.0. The van der Waals surface area contributed by atoms with Gasteiger partial charge >= 0.3 is 0 Å². The van der Waals surface area contributed by atoms with Gasteiger partial charge in [0, 0.05) is 42.0 Å². The molecular formula is C20H25N3O2. The molecule has 2 aliphatic rings. The van der Waals surface area contributed by atoms with Crippen molar-refractivity contribution in [2.24, 2.45) is 11.8 Å². The van der Waals surface area contributed by atoms with Gasteiger partial charge in [0.05, 0.1) is 5.69 Å². The smallest absolute Gasteiger partial charge is 0.228 e. The average molecular weight is 339 g/mol. The number of H-pyrrole nitrogens is 1. The summed E-state index contributed by atoms with van der Waals surface area (Å²) >= 11 is 0. The Morgan fingerprint density at radius 1 is 1.00 bits per heavy atom. The molecule has 2 atom stereocenters. The number of benzene rings is 1. The summed E-state index contributed by atoms with van der Waals surface area (Å²) < 4.78 is 0. The van der Waals surface area contributed by atoms with E-state index in [-0.39, 0.29) is 23.7 Å². The van der Waals surface area contributed by atoms with Gasteiger partial charge in [-0.25, -0.2) is 0 Å². The standard InChI is InChI=1S/C20H25N3O2/c24-19(22-18-9-5-8-17-16(18)10-11-21-17)14-6-1-2-7-15(14)20(25)23-12-3-4-13-23/h5,8-11,14-15,21H,1-4,6-7,12-13H2,(H,22,24)/t14-,15+/m1/s1. The fourth-order valence-corrected chi connectivity index (χ4v) is 4.33. The first kappa shape index (κ1) is 16.2. The highest BCUT2D eigenvalue weighted by molar-refractivity contribution is 6.03. The summed E-state index contributed by atoms with van der Waals surface area (Å²) in [5.74, 6) is -0.184. The number of likely N-dealkylation sites (tertiary alicyclic amines) is 1. The highest BCUT2D eigenvalue weighted by atomic mass is 16.2. The molecular weight excluding hydrogens is 314 g/mol. The van der Waals surface area contributed by atoms with E-state index in [0.717, 1.165) is 68.2 Å². The zero-order chi connectivity index (χ0) is 17.2. The molecule has 2 aromatic rings. The van der Waals surface area contributed by atoms with Crippen molar-refractivity contribution >= 4 is 28.4 Å². The molecule has 1 aromatic carbocycles. The fraction of sp³-hybridized carbons (Fsp3) is 0.500. The molecule has 1 aromatic heterocycles. The summed E-state index contributed by atoms with van der Waals surface area (Å²) in [6, 6.07) is 7.82. The Bertz CT molecular complexity index is 776. The van der Waals surface area contributed by atoms with Gasteiger partial charge < -0.3 is 15.2 Å². The lowest BCUT2D eigenvalue weighted by Crippen LogP contribution is -2.42. The van der Waals surface area contributed by atoms with Crippen LogP contribution in [0.2, 0.25) is 0 Å². The van der Waals surface area contributed by atoms with Gasteiger partial charge in [-0.2, -0.15) is 0 Å². The number of carbonyl (C=O) groups excluding carboxylic acids is 2. The first-order valence-corrected chi connectivity index (χ1v) is 9.40. The Kier molecular flexibility index (Phi) is 4.47. The molecule has 0 radical (unpaired) electrons. The van der Waals surface area contributed by atoms with Crippen molar-refractivity contribution in [2.45, 2.75) is 38.5 Å². The molecule has 2 N–H and O–H groups in total. The summed E-state index contributed by atoms with van der Waals surface area (Å²) in [5, 5.41) is 4.09. The van der Waals surface area contributed by atoms with E-state index < -0.39 is 0 Å². The van der Waals surface area contributed by atoms with Crippen molar-refractivity contribution in [3.63, 3.8) is 0 Å². The molecule has 2 heterocycles. The van der Waals surface area contributed by atoms with Crippen LogP contribution in [0.4, 0.5) is 5.69 Å². The Labute approximate surface area is 147 Å². The van der Waals surface area contributed by atoms with E-state index in [4.69, 9.17) is 0 Å². The van der Waals surface area contributed by atoms with Crippen LogP contribution in [0.15, 0.2) is 30.5 Å². The van der Waals surface area contributed by atoms with E-state index in [1.165, 1.54) is 0 Å². The van der Waals surface area contributed by atoms with Crippen molar-refractivity contribution in [2.75, 3.05) is 18.4 Å². The van der Waals surface area contributed by atoms with Gasteiger partial charge in [-0.3, -0.25) is 9.59 Å². The second-order valence-electron chi connectivity index (χ2n) is 7.26. The van der Waals surface area contributed by atoms with Gasteiger partial charge in [0.2, 0.25) is 11.8 Å². The minimum atomic E-state index is -0.212. The third kappa shape index (κ3) is 3.15. The molecule has 0 spiro atoms. The largest absolute Gasteiger partial charge is 0.361 e. The molecule has 1 aliphatic heterocycles. The third-order valence-electron chi connectivity index (χ3n) is 5.69. The van der Waals surface area contributed by atoms with Crippen LogP contribution in [0.25, 0.3) is 10.9 Å². The van der Waals surface area contributed by atoms with Gasteiger partial charge in [-0.1, -0.05) is 18.9 Å². The zero-order valence-corrected chi connectivity index (χ0v) is 14.5. The summed E-state index contributed by atoms with van der Waals surface area (Å²) in [6.45, 7) is 1.71. The monoisotopic (exact) mass is 339 g/mol. The van der Waals surface area contributed by atoms with E-state index in [2.05, 4.69) is 10.3 Å². The van der Waals surface area contributed by atoms with Crippen LogP contribution in [-0.4, -0.2) is 34.8 Å². The van der Waals surface area contributed by atoms with Crippen LogP contribution in [0.5, 0.6) is 0 Å². The number of rotatable bonds is 3. The quantitative estimate of drug-likeness (QED) is 0.898. The first-order valence-electron chi connectivity index (χ1n) is 9.40. The number of hydrogen-bond acceptors (Lipinski definition) is 2. The summed E-state index contributed by atoms with van der Waals surface area (Å²) in [5.41, 5.74) is 1.83. The Hall–Kier alpha value is -2.30. The molecule has 0 unspecified atom stereocenters. The molecule has 2 amide bonds. The van der Waals surface area contributed by atoms with Crippen molar-refractivity contribution in [1.82, 2.24) is 9.88 Å². The predicted octanol–water partition coefficient (Wildman–Crippen LogP) is 3.54. The van der Waals surface area contributed by atoms with Crippen LogP contribution >= 0.6 is 0 Å². The number of nitrogens with one attached hydrogen (secondary N) is 2. The molecule has 25 heavy (non-hydrogen) atoms. The van der Waals surface area contributed by atoms with Gasteiger partial charge in [-0.05, 0) is 43.9 Å². The number of aromatic nitrogens is 1. The van der Waals surface area contributed by atoms with E-state index in [1.807, 2.05) is 35.4 Å². The molecule has 1 saturated heterocycles. The lowest BCUT2D eigenvalue weighted by atomic mass is 9.77. The van der Waals surface area contributed by atoms with Gasteiger partial charge in [-0.15, -0.1) is 0 Å². The Morgan fingerprint density at radius 2 is 1.76 bits per heavy atom. The number of fused-ring (bicyclic) bond motifs is 1. The van der Waals surface area contributed by atoms with E-state index in [0.29, 0.717) is 0 Å². The Balaban J connectivity index is 1.52. The molecule has 132 valence electrons. The predicted molar refractivity (Wildman–Crippen MR) is 98.2 cm³/mol. The highest BCUT2D eigenvalue weighted by Gasteiger charge is 2.38. The molecule has 1 saturated carbocycles. The third-order valence-corrected chi connectivity index (χ3v) is 5.69. The molecule has 2 fully saturated rings. The van der Waals surface area contributed by atoms with Gasteiger partial charge in [0.25, 0.3) is 0 Å². The van der Waals surface area contributed by atoms with Crippen molar-refractivity contribution in [3.05, 3.63) is 30.5 Å². The highest BCUT2D eigenvalue weighted by Crippen LogP contribution is 2.34. The maximum absolute atomic E-state index is 13.0. The van der Waals surface area contributed by atoms with E-state index >= 15 is 0 Å². The van der Waals surface area contributed by atoms with E-state index in [9.17, 15) is 9.59 Å². The van der Waals surface area contributed by atoms with Crippen LogP contribution in [-0.2, 0) is 9.59 Å². The van der Waals surface area contributed by atoms with Crippen molar-refractivity contribution in [3.8, 4) is 0 Å². The first-order chi connectivity index (χ1) is 12.2.